The van der Waals surface area contributed by atoms with Crippen molar-refractivity contribution in [1.29, 1.82) is 0 Å². The monoisotopic (exact) mass is 278 g/mol. The maximum absolute atomic E-state index is 11.5. The summed E-state index contributed by atoms with van der Waals surface area (Å²) in [6.45, 7) is 5.77. The molecule has 0 radical (unpaired) electrons. The Balaban J connectivity index is 2.16. The number of nitrogens with one attached hydrogen (secondary N) is 2. The number of hydrogen-bond donors (Lipinski definition) is 2. The highest BCUT2D eigenvalue weighted by molar-refractivity contribution is 5.82. The molecule has 0 fully saturated rings. The van der Waals surface area contributed by atoms with Crippen LogP contribution in [0, 0.1) is 0 Å². The lowest BCUT2D eigenvalue weighted by Gasteiger charge is -2.19. The van der Waals surface area contributed by atoms with Crippen molar-refractivity contribution in [2.45, 2.75) is 32.8 Å². The standard InChI is InChI=1S/C15H22N2O3/c1-15(2,3)20-14(19)17-11-13(18)16-10-9-12-7-5-4-6-8-12/h4-8H,9-11H2,1-3H3,(H,16,18)(H,17,19). The Kier molecular flexibility index (Phi) is 6.03. The van der Waals surface area contributed by atoms with Gasteiger partial charge in [-0.25, -0.2) is 4.79 Å². The second-order valence-electron chi connectivity index (χ2n) is 5.44. The van der Waals surface area contributed by atoms with E-state index in [0.29, 0.717) is 6.54 Å². The van der Waals surface area contributed by atoms with Gasteiger partial charge in [-0.2, -0.15) is 0 Å². The first-order valence-electron chi connectivity index (χ1n) is 6.64. The quantitative estimate of drug-likeness (QED) is 0.864. The van der Waals surface area contributed by atoms with Crippen LogP contribution in [0.15, 0.2) is 30.3 Å². The zero-order valence-corrected chi connectivity index (χ0v) is 12.2. The Morgan fingerprint density at radius 1 is 1.10 bits per heavy atom. The number of ether oxygens (including phenoxy) is 1. The SMILES string of the molecule is CC(C)(C)OC(=O)NCC(=O)NCCc1ccccc1. The number of amides is 2. The van der Waals surface area contributed by atoms with Crippen molar-refractivity contribution >= 4 is 12.0 Å². The lowest BCUT2D eigenvalue weighted by molar-refractivity contribution is -0.120. The first-order chi connectivity index (χ1) is 9.37. The van der Waals surface area contributed by atoms with Crippen molar-refractivity contribution in [1.82, 2.24) is 10.6 Å². The minimum atomic E-state index is -0.587. The molecule has 5 heteroatoms. The minimum Gasteiger partial charge on any atom is -0.444 e. The van der Waals surface area contributed by atoms with E-state index in [4.69, 9.17) is 4.74 Å². The predicted molar refractivity (Wildman–Crippen MR) is 77.4 cm³/mol. The average molecular weight is 278 g/mol. The molecule has 20 heavy (non-hydrogen) atoms. The summed E-state index contributed by atoms with van der Waals surface area (Å²) < 4.78 is 5.03. The van der Waals surface area contributed by atoms with Crippen LogP contribution in [-0.4, -0.2) is 30.7 Å². The van der Waals surface area contributed by atoms with Gasteiger partial charge >= 0.3 is 6.09 Å². The molecule has 0 aliphatic rings. The van der Waals surface area contributed by atoms with Crippen LogP contribution in [0.1, 0.15) is 26.3 Å². The summed E-state index contributed by atoms with van der Waals surface area (Å²) >= 11 is 0. The van der Waals surface area contributed by atoms with Crippen LogP contribution in [-0.2, 0) is 16.0 Å². The minimum absolute atomic E-state index is 0.0797. The third-order valence-corrected chi connectivity index (χ3v) is 2.37. The van der Waals surface area contributed by atoms with Crippen molar-refractivity contribution in [3.8, 4) is 0 Å². The topological polar surface area (TPSA) is 67.4 Å². The van der Waals surface area contributed by atoms with Gasteiger partial charge in [0.1, 0.15) is 5.60 Å². The van der Waals surface area contributed by atoms with E-state index in [-0.39, 0.29) is 12.5 Å². The molecule has 1 rings (SSSR count). The molecule has 1 aromatic carbocycles. The maximum atomic E-state index is 11.5. The van der Waals surface area contributed by atoms with Crippen LogP contribution < -0.4 is 10.6 Å². The number of carbonyl (C=O) groups is 2. The lowest BCUT2D eigenvalue weighted by atomic mass is 10.1. The Labute approximate surface area is 119 Å². The van der Waals surface area contributed by atoms with Crippen molar-refractivity contribution in [3.05, 3.63) is 35.9 Å². The van der Waals surface area contributed by atoms with Gasteiger partial charge in [0.15, 0.2) is 0 Å². The first kappa shape index (κ1) is 16.0. The van der Waals surface area contributed by atoms with Crippen molar-refractivity contribution in [3.63, 3.8) is 0 Å². The number of rotatable bonds is 5. The van der Waals surface area contributed by atoms with Gasteiger partial charge in [0.2, 0.25) is 5.91 Å². The molecule has 0 spiro atoms. The molecule has 0 saturated carbocycles. The Morgan fingerprint density at radius 2 is 1.75 bits per heavy atom. The molecular weight excluding hydrogens is 256 g/mol. The Hall–Kier alpha value is -2.04. The molecule has 0 unspecified atom stereocenters. The summed E-state index contributed by atoms with van der Waals surface area (Å²) in [4.78, 5) is 22.9. The zero-order chi connectivity index (χ0) is 15.0. The van der Waals surface area contributed by atoms with E-state index >= 15 is 0 Å². The summed E-state index contributed by atoms with van der Waals surface area (Å²) in [7, 11) is 0. The summed E-state index contributed by atoms with van der Waals surface area (Å²) in [5.41, 5.74) is 0.598. The second-order valence-corrected chi connectivity index (χ2v) is 5.44. The fraction of sp³-hybridized carbons (Fsp3) is 0.467. The van der Waals surface area contributed by atoms with E-state index in [1.807, 2.05) is 30.3 Å². The summed E-state index contributed by atoms with van der Waals surface area (Å²) in [5, 5.41) is 5.15. The molecular formula is C15H22N2O3. The second kappa shape index (κ2) is 7.53. The van der Waals surface area contributed by atoms with Crippen molar-refractivity contribution < 1.29 is 14.3 Å². The van der Waals surface area contributed by atoms with Gasteiger partial charge < -0.3 is 15.4 Å². The van der Waals surface area contributed by atoms with E-state index in [0.717, 1.165) is 12.0 Å². The molecule has 2 amide bonds. The van der Waals surface area contributed by atoms with Crippen molar-refractivity contribution in [2.75, 3.05) is 13.1 Å². The highest BCUT2D eigenvalue weighted by Crippen LogP contribution is 2.06. The van der Waals surface area contributed by atoms with Crippen molar-refractivity contribution in [2.24, 2.45) is 0 Å². The van der Waals surface area contributed by atoms with Gasteiger partial charge in [0.25, 0.3) is 0 Å². The van der Waals surface area contributed by atoms with E-state index in [1.165, 1.54) is 0 Å². The van der Waals surface area contributed by atoms with Crippen LogP contribution in [0.2, 0.25) is 0 Å². The molecule has 0 heterocycles. The average Bonchev–Trinajstić information content (AvgIpc) is 2.36. The third-order valence-electron chi connectivity index (χ3n) is 2.37. The smallest absolute Gasteiger partial charge is 0.408 e. The number of carbonyl (C=O) groups excluding carboxylic acids is 2. The number of benzene rings is 1. The Bertz CT molecular complexity index is 438. The largest absolute Gasteiger partial charge is 0.444 e. The maximum Gasteiger partial charge on any atom is 0.408 e. The van der Waals surface area contributed by atoms with E-state index in [9.17, 15) is 9.59 Å². The molecule has 2 N–H and O–H groups in total. The zero-order valence-electron chi connectivity index (χ0n) is 12.2. The van der Waals surface area contributed by atoms with Gasteiger partial charge in [0, 0.05) is 6.54 Å². The highest BCUT2D eigenvalue weighted by Gasteiger charge is 2.16. The first-order valence-corrected chi connectivity index (χ1v) is 6.64. The fourth-order valence-corrected chi connectivity index (χ4v) is 1.52. The molecule has 0 saturated heterocycles. The van der Waals surface area contributed by atoms with Crippen LogP contribution in [0.25, 0.3) is 0 Å². The molecule has 1 aromatic rings. The third kappa shape index (κ3) is 7.41. The summed E-state index contributed by atoms with van der Waals surface area (Å²) in [6, 6.07) is 9.88. The van der Waals surface area contributed by atoms with Crippen LogP contribution >= 0.6 is 0 Å². The number of hydrogen-bond acceptors (Lipinski definition) is 3. The molecule has 0 atom stereocenters. The molecule has 0 aliphatic heterocycles. The van der Waals surface area contributed by atoms with Gasteiger partial charge in [-0.1, -0.05) is 30.3 Å². The Morgan fingerprint density at radius 3 is 2.35 bits per heavy atom. The van der Waals surface area contributed by atoms with Gasteiger partial charge in [-0.05, 0) is 32.8 Å². The molecule has 0 aliphatic carbocycles. The van der Waals surface area contributed by atoms with Crippen LogP contribution in [0.5, 0.6) is 0 Å². The molecule has 0 aromatic heterocycles. The van der Waals surface area contributed by atoms with Crippen LogP contribution in [0.4, 0.5) is 4.79 Å². The fourth-order valence-electron chi connectivity index (χ4n) is 1.52. The predicted octanol–water partition coefficient (Wildman–Crippen LogP) is 1.87. The lowest BCUT2D eigenvalue weighted by Crippen LogP contribution is -2.40. The van der Waals surface area contributed by atoms with E-state index in [1.54, 1.807) is 20.8 Å². The number of alkyl carbamates (subject to hydrolysis) is 1. The summed E-state index contributed by atoms with van der Waals surface area (Å²) in [5.74, 6) is -0.230. The van der Waals surface area contributed by atoms with Crippen LogP contribution in [0.3, 0.4) is 0 Å². The van der Waals surface area contributed by atoms with E-state index < -0.39 is 11.7 Å². The van der Waals surface area contributed by atoms with Gasteiger partial charge in [-0.15, -0.1) is 0 Å². The normalized spacial score (nSPS) is 10.8. The molecule has 110 valence electrons. The molecule has 0 bridgehead atoms. The van der Waals surface area contributed by atoms with Gasteiger partial charge in [-0.3, -0.25) is 4.79 Å². The van der Waals surface area contributed by atoms with E-state index in [2.05, 4.69) is 10.6 Å². The van der Waals surface area contributed by atoms with Gasteiger partial charge in [0.05, 0.1) is 6.54 Å². The highest BCUT2D eigenvalue weighted by atomic mass is 16.6. The molecule has 5 nitrogen and oxygen atoms in total. The summed E-state index contributed by atoms with van der Waals surface area (Å²) in [6.07, 6.45) is 0.176.